The Hall–Kier alpha value is -3.26. The Balaban J connectivity index is 1.82. The number of fused-ring (bicyclic) bond motifs is 1. The van der Waals surface area contributed by atoms with Gasteiger partial charge in [0, 0.05) is 12.2 Å². The van der Waals surface area contributed by atoms with Gasteiger partial charge in [-0.05, 0) is 35.5 Å². The van der Waals surface area contributed by atoms with E-state index in [9.17, 15) is 14.4 Å². The van der Waals surface area contributed by atoms with Crippen molar-refractivity contribution in [3.05, 3.63) is 60.2 Å². The lowest BCUT2D eigenvalue weighted by atomic mass is 10.0. The highest BCUT2D eigenvalue weighted by Gasteiger charge is 2.08. The van der Waals surface area contributed by atoms with Gasteiger partial charge in [-0.2, -0.15) is 0 Å². The average molecular weight is 385 g/mol. The van der Waals surface area contributed by atoms with Crippen LogP contribution in [0.15, 0.2) is 54.6 Å². The van der Waals surface area contributed by atoms with Crippen LogP contribution in [-0.4, -0.2) is 29.5 Å². The summed E-state index contributed by atoms with van der Waals surface area (Å²) in [7, 11) is 0. The molecular formula is C19H19N3O4S. The lowest BCUT2D eigenvalue weighted by molar-refractivity contribution is -0.137. The second-order valence-corrected chi connectivity index (χ2v) is 5.80. The zero-order valence-electron chi connectivity index (χ0n) is 14.7. The number of nitrogens with one attached hydrogen (secondary N) is 3. The first-order chi connectivity index (χ1) is 13.0. The second kappa shape index (κ2) is 10.0. The van der Waals surface area contributed by atoms with E-state index in [2.05, 4.69) is 20.9 Å². The predicted molar refractivity (Wildman–Crippen MR) is 105 cm³/mol. The summed E-state index contributed by atoms with van der Waals surface area (Å²) >= 11 is 4.91. The van der Waals surface area contributed by atoms with Gasteiger partial charge in [0.15, 0.2) is 5.11 Å². The fraction of sp³-hybridized carbons (Fsp3) is 0.158. The summed E-state index contributed by atoms with van der Waals surface area (Å²) in [5, 5.41) is 4.24. The van der Waals surface area contributed by atoms with Gasteiger partial charge >= 0.3 is 5.97 Å². The molecule has 2 amide bonds. The number of esters is 1. The van der Waals surface area contributed by atoms with Crippen molar-refractivity contribution in [2.45, 2.75) is 13.3 Å². The molecule has 0 spiro atoms. The number of amides is 2. The van der Waals surface area contributed by atoms with E-state index in [1.54, 1.807) is 6.92 Å². The molecule has 0 aliphatic carbocycles. The third kappa shape index (κ3) is 6.52. The van der Waals surface area contributed by atoms with Crippen molar-refractivity contribution >= 4 is 45.9 Å². The molecule has 0 saturated carbocycles. The van der Waals surface area contributed by atoms with Crippen LogP contribution in [0.25, 0.3) is 10.8 Å². The first-order valence-corrected chi connectivity index (χ1v) is 8.61. The smallest absolute Gasteiger partial charge is 0.330 e. The molecule has 3 N–H and O–H groups in total. The topological polar surface area (TPSA) is 96.5 Å². The fourth-order valence-electron chi connectivity index (χ4n) is 2.31. The molecule has 0 radical (unpaired) electrons. The molecule has 2 aromatic carbocycles. The normalized spacial score (nSPS) is 10.4. The van der Waals surface area contributed by atoms with Crippen LogP contribution in [-0.2, 0) is 25.5 Å². The monoisotopic (exact) mass is 385 g/mol. The maximum Gasteiger partial charge on any atom is 0.330 e. The van der Waals surface area contributed by atoms with Crippen molar-refractivity contribution in [2.75, 3.05) is 6.61 Å². The molecule has 0 atom stereocenters. The quantitative estimate of drug-likeness (QED) is 0.313. The number of ether oxygens (including phenoxy) is 1. The first kappa shape index (κ1) is 20.1. The molecule has 0 aromatic heterocycles. The minimum absolute atomic E-state index is 0.0974. The van der Waals surface area contributed by atoms with Crippen molar-refractivity contribution in [3.63, 3.8) is 0 Å². The fourth-order valence-corrected chi connectivity index (χ4v) is 2.46. The number of carbonyl (C=O) groups excluding carboxylic acids is 3. The molecule has 0 aliphatic heterocycles. The molecule has 0 fully saturated rings. The molecule has 140 valence electrons. The van der Waals surface area contributed by atoms with Crippen LogP contribution in [0.3, 0.4) is 0 Å². The Bertz CT molecular complexity index is 890. The van der Waals surface area contributed by atoms with Gasteiger partial charge in [0.1, 0.15) is 0 Å². The number of hydrazine groups is 1. The van der Waals surface area contributed by atoms with Gasteiger partial charge in [-0.25, -0.2) is 4.79 Å². The highest BCUT2D eigenvalue weighted by molar-refractivity contribution is 7.80. The summed E-state index contributed by atoms with van der Waals surface area (Å²) in [5.41, 5.74) is 5.74. The van der Waals surface area contributed by atoms with Crippen LogP contribution in [0.4, 0.5) is 0 Å². The van der Waals surface area contributed by atoms with E-state index in [4.69, 9.17) is 12.2 Å². The first-order valence-electron chi connectivity index (χ1n) is 8.21. The highest BCUT2D eigenvalue weighted by atomic mass is 32.1. The van der Waals surface area contributed by atoms with Crippen LogP contribution in [0, 0.1) is 0 Å². The van der Waals surface area contributed by atoms with Crippen molar-refractivity contribution in [2.24, 2.45) is 0 Å². The number of hydrogen-bond donors (Lipinski definition) is 3. The number of thiocarbonyl (C=S) groups is 1. The summed E-state index contributed by atoms with van der Waals surface area (Å²) in [6.07, 6.45) is 2.12. The Labute approximate surface area is 161 Å². The van der Waals surface area contributed by atoms with Crippen LogP contribution >= 0.6 is 12.2 Å². The van der Waals surface area contributed by atoms with Crippen molar-refractivity contribution in [3.8, 4) is 0 Å². The lowest BCUT2D eigenvalue weighted by Crippen LogP contribution is -2.48. The van der Waals surface area contributed by atoms with Crippen molar-refractivity contribution in [1.82, 2.24) is 16.2 Å². The second-order valence-electron chi connectivity index (χ2n) is 5.39. The largest absolute Gasteiger partial charge is 0.463 e. The highest BCUT2D eigenvalue weighted by Crippen LogP contribution is 2.18. The zero-order chi connectivity index (χ0) is 19.6. The van der Waals surface area contributed by atoms with Crippen molar-refractivity contribution < 1.29 is 19.1 Å². The minimum atomic E-state index is -0.630. The number of benzene rings is 2. The van der Waals surface area contributed by atoms with Gasteiger partial charge in [0.2, 0.25) is 11.8 Å². The van der Waals surface area contributed by atoms with Crippen LogP contribution < -0.4 is 16.2 Å². The van der Waals surface area contributed by atoms with Crippen LogP contribution in [0.5, 0.6) is 0 Å². The van der Waals surface area contributed by atoms with E-state index in [-0.39, 0.29) is 24.0 Å². The summed E-state index contributed by atoms with van der Waals surface area (Å²) in [6.45, 7) is 1.87. The molecular weight excluding hydrogens is 366 g/mol. The van der Waals surface area contributed by atoms with Gasteiger partial charge in [-0.1, -0.05) is 42.5 Å². The van der Waals surface area contributed by atoms with Gasteiger partial charge in [0.05, 0.1) is 13.0 Å². The third-order valence-electron chi connectivity index (χ3n) is 3.44. The Morgan fingerprint density at radius 1 is 1.04 bits per heavy atom. The van der Waals surface area contributed by atoms with E-state index in [1.807, 2.05) is 42.5 Å². The van der Waals surface area contributed by atoms with E-state index in [0.29, 0.717) is 0 Å². The van der Waals surface area contributed by atoms with E-state index >= 15 is 0 Å². The molecule has 0 aliphatic rings. The zero-order valence-corrected chi connectivity index (χ0v) is 15.5. The molecule has 0 unspecified atom stereocenters. The van der Waals surface area contributed by atoms with Gasteiger partial charge in [-0.15, -0.1) is 0 Å². The van der Waals surface area contributed by atoms with Crippen LogP contribution in [0.1, 0.15) is 12.5 Å². The molecule has 2 rings (SSSR count). The minimum Gasteiger partial charge on any atom is -0.463 e. The molecule has 7 nitrogen and oxygen atoms in total. The summed E-state index contributed by atoms with van der Waals surface area (Å²) in [6, 6.07) is 13.5. The number of rotatable bonds is 5. The molecule has 8 heteroatoms. The van der Waals surface area contributed by atoms with Gasteiger partial charge < -0.3 is 4.74 Å². The molecule has 0 saturated heterocycles. The summed E-state index contributed by atoms with van der Waals surface area (Å²) < 4.78 is 4.65. The van der Waals surface area contributed by atoms with E-state index < -0.39 is 11.9 Å². The summed E-state index contributed by atoms with van der Waals surface area (Å²) in [4.78, 5) is 34.8. The van der Waals surface area contributed by atoms with Crippen LogP contribution in [0.2, 0.25) is 0 Å². The molecule has 27 heavy (non-hydrogen) atoms. The SMILES string of the molecule is CCOC(=O)/C=C/C(=O)NC(=S)NNC(=O)Cc1cccc2ccccc12. The standard InChI is InChI=1S/C19H19N3O4S/c1-2-26-18(25)11-10-16(23)20-19(27)22-21-17(24)12-14-8-5-7-13-6-3-4-9-15(13)14/h3-11H,2,12H2,1H3,(H,21,24)(H2,20,22,23,27)/b11-10+. The van der Waals surface area contributed by atoms with Crippen molar-refractivity contribution in [1.29, 1.82) is 0 Å². The Morgan fingerprint density at radius 2 is 1.78 bits per heavy atom. The summed E-state index contributed by atoms with van der Waals surface area (Å²) in [5.74, 6) is -1.57. The molecule has 0 heterocycles. The lowest BCUT2D eigenvalue weighted by Gasteiger charge is -2.11. The third-order valence-corrected chi connectivity index (χ3v) is 3.64. The number of carbonyl (C=O) groups is 3. The van der Waals surface area contributed by atoms with Gasteiger partial charge in [-0.3, -0.25) is 25.8 Å². The average Bonchev–Trinajstić information content (AvgIpc) is 2.65. The van der Waals surface area contributed by atoms with E-state index in [1.165, 1.54) is 0 Å². The maximum atomic E-state index is 12.1. The Morgan fingerprint density at radius 3 is 2.56 bits per heavy atom. The molecule has 0 bridgehead atoms. The Kier molecular flexibility index (Phi) is 7.45. The van der Waals surface area contributed by atoms with E-state index in [0.717, 1.165) is 28.5 Å². The maximum absolute atomic E-state index is 12.1. The predicted octanol–water partition coefficient (Wildman–Crippen LogP) is 1.52. The van der Waals surface area contributed by atoms with Gasteiger partial charge in [0.25, 0.3) is 0 Å². The molecule has 2 aromatic rings. The number of hydrogen-bond acceptors (Lipinski definition) is 5.